The van der Waals surface area contributed by atoms with Crippen LogP contribution in [0.15, 0.2) is 72.8 Å². The summed E-state index contributed by atoms with van der Waals surface area (Å²) in [6.45, 7) is 0. The largest absolute Gasteiger partial charge is 0.363 e. The number of rotatable bonds is 3. The predicted octanol–water partition coefficient (Wildman–Crippen LogP) is 4.48. The lowest BCUT2D eigenvalue weighted by Gasteiger charge is -2.15. The minimum Gasteiger partial charge on any atom is -0.363 e. The Morgan fingerprint density at radius 1 is 0.667 bits per heavy atom. The van der Waals surface area contributed by atoms with E-state index in [0.717, 1.165) is 17.1 Å². The van der Waals surface area contributed by atoms with Crippen LogP contribution in [0.3, 0.4) is 0 Å². The van der Waals surface area contributed by atoms with E-state index in [9.17, 15) is 0 Å². The van der Waals surface area contributed by atoms with Crippen LogP contribution < -0.4 is 4.90 Å². The average Bonchev–Trinajstić information content (AvgIpc) is 2.56. The molecule has 0 saturated carbocycles. The third-order valence-corrected chi connectivity index (χ3v) is 3.45. The van der Waals surface area contributed by atoms with Gasteiger partial charge in [-0.05, 0) is 23.3 Å². The molecule has 2 aromatic carbocycles. The van der Waals surface area contributed by atoms with Crippen molar-refractivity contribution in [1.82, 2.24) is 4.98 Å². The van der Waals surface area contributed by atoms with Crippen molar-refractivity contribution in [1.29, 1.82) is 0 Å². The molecule has 0 radical (unpaired) electrons. The van der Waals surface area contributed by atoms with E-state index in [4.69, 9.17) is 4.98 Å². The van der Waals surface area contributed by atoms with Crippen LogP contribution in [-0.4, -0.2) is 19.1 Å². The number of nitrogens with zero attached hydrogens (tertiary/aromatic N) is 2. The van der Waals surface area contributed by atoms with Gasteiger partial charge in [0.25, 0.3) is 0 Å². The number of benzene rings is 2. The fourth-order valence-electron chi connectivity index (χ4n) is 2.30. The topological polar surface area (TPSA) is 16.1 Å². The number of pyridine rings is 1. The van der Waals surface area contributed by atoms with Crippen molar-refractivity contribution in [3.63, 3.8) is 0 Å². The van der Waals surface area contributed by atoms with Gasteiger partial charge >= 0.3 is 0 Å². The second-order valence-electron chi connectivity index (χ2n) is 5.23. The maximum Gasteiger partial charge on any atom is 0.129 e. The molecule has 0 amide bonds. The van der Waals surface area contributed by atoms with Gasteiger partial charge in [0.2, 0.25) is 0 Å². The first kappa shape index (κ1) is 13.4. The molecular formula is C19H18N2. The van der Waals surface area contributed by atoms with Gasteiger partial charge in [-0.2, -0.15) is 0 Å². The SMILES string of the molecule is CN(C)c1cc(-c2ccccc2)cc(-c2ccccc2)n1. The fraction of sp³-hybridized carbons (Fsp3) is 0.105. The summed E-state index contributed by atoms with van der Waals surface area (Å²) in [4.78, 5) is 6.80. The van der Waals surface area contributed by atoms with Crippen molar-refractivity contribution in [3.05, 3.63) is 72.8 Å². The number of hydrogen-bond acceptors (Lipinski definition) is 2. The molecular weight excluding hydrogens is 256 g/mol. The predicted molar refractivity (Wildman–Crippen MR) is 89.4 cm³/mol. The van der Waals surface area contributed by atoms with E-state index < -0.39 is 0 Å². The molecule has 0 aliphatic heterocycles. The Morgan fingerprint density at radius 2 is 1.24 bits per heavy atom. The van der Waals surface area contributed by atoms with Gasteiger partial charge in [0.05, 0.1) is 5.69 Å². The van der Waals surface area contributed by atoms with Gasteiger partial charge in [-0.25, -0.2) is 4.98 Å². The van der Waals surface area contributed by atoms with Crippen molar-refractivity contribution in [2.45, 2.75) is 0 Å². The van der Waals surface area contributed by atoms with Crippen LogP contribution in [0.25, 0.3) is 22.4 Å². The van der Waals surface area contributed by atoms with Crippen molar-refractivity contribution >= 4 is 5.82 Å². The van der Waals surface area contributed by atoms with Gasteiger partial charge in [0.15, 0.2) is 0 Å². The summed E-state index contributed by atoms with van der Waals surface area (Å²) < 4.78 is 0. The Balaban J connectivity index is 2.16. The summed E-state index contributed by atoms with van der Waals surface area (Å²) in [5, 5.41) is 0. The normalized spacial score (nSPS) is 10.4. The molecule has 0 aliphatic rings. The molecule has 3 rings (SSSR count). The second-order valence-corrected chi connectivity index (χ2v) is 5.23. The summed E-state index contributed by atoms with van der Waals surface area (Å²) in [7, 11) is 4.04. The average molecular weight is 274 g/mol. The smallest absolute Gasteiger partial charge is 0.129 e. The van der Waals surface area contributed by atoms with Crippen molar-refractivity contribution in [3.8, 4) is 22.4 Å². The van der Waals surface area contributed by atoms with Crippen LogP contribution >= 0.6 is 0 Å². The third-order valence-electron chi connectivity index (χ3n) is 3.45. The van der Waals surface area contributed by atoms with Crippen LogP contribution in [0, 0.1) is 0 Å². The summed E-state index contributed by atoms with van der Waals surface area (Å²) in [5.74, 6) is 0.968. The molecule has 0 bridgehead atoms. The molecule has 0 N–H and O–H groups in total. The molecule has 0 aliphatic carbocycles. The van der Waals surface area contributed by atoms with Crippen molar-refractivity contribution in [2.24, 2.45) is 0 Å². The van der Waals surface area contributed by atoms with E-state index in [1.54, 1.807) is 0 Å². The maximum atomic E-state index is 4.75. The molecule has 0 saturated heterocycles. The zero-order valence-corrected chi connectivity index (χ0v) is 12.3. The number of hydrogen-bond donors (Lipinski definition) is 0. The Bertz CT molecular complexity index is 661. The lowest BCUT2D eigenvalue weighted by Crippen LogP contribution is -2.11. The highest BCUT2D eigenvalue weighted by molar-refractivity contribution is 5.73. The van der Waals surface area contributed by atoms with Gasteiger partial charge in [-0.3, -0.25) is 0 Å². The maximum absolute atomic E-state index is 4.75. The minimum atomic E-state index is 0.968. The molecule has 1 aromatic heterocycles. The van der Waals surface area contributed by atoms with Crippen molar-refractivity contribution in [2.75, 3.05) is 19.0 Å². The molecule has 21 heavy (non-hydrogen) atoms. The van der Waals surface area contributed by atoms with Gasteiger partial charge < -0.3 is 4.90 Å². The molecule has 2 heteroatoms. The summed E-state index contributed by atoms with van der Waals surface area (Å²) in [6.07, 6.45) is 0. The first-order valence-electron chi connectivity index (χ1n) is 7.04. The monoisotopic (exact) mass is 274 g/mol. The molecule has 0 fully saturated rings. The molecule has 2 nitrogen and oxygen atoms in total. The van der Waals surface area contributed by atoms with E-state index in [0.29, 0.717) is 0 Å². The lowest BCUT2D eigenvalue weighted by molar-refractivity contribution is 1.07. The van der Waals surface area contributed by atoms with Crippen LogP contribution in [-0.2, 0) is 0 Å². The quantitative estimate of drug-likeness (QED) is 0.700. The van der Waals surface area contributed by atoms with Crippen LogP contribution in [0.4, 0.5) is 5.82 Å². The van der Waals surface area contributed by atoms with E-state index in [1.165, 1.54) is 11.1 Å². The number of anilines is 1. The molecule has 3 aromatic rings. The number of aromatic nitrogens is 1. The summed E-state index contributed by atoms with van der Waals surface area (Å²) in [6, 6.07) is 25.0. The van der Waals surface area contributed by atoms with Crippen LogP contribution in [0.5, 0.6) is 0 Å². The van der Waals surface area contributed by atoms with Crippen molar-refractivity contribution < 1.29 is 0 Å². The standard InChI is InChI=1S/C19H18N2/c1-21(2)19-14-17(15-9-5-3-6-10-15)13-18(20-19)16-11-7-4-8-12-16/h3-14H,1-2H3. The van der Waals surface area contributed by atoms with E-state index >= 15 is 0 Å². The highest BCUT2D eigenvalue weighted by atomic mass is 15.1. The van der Waals surface area contributed by atoms with Crippen LogP contribution in [0.1, 0.15) is 0 Å². The van der Waals surface area contributed by atoms with Gasteiger partial charge in [0.1, 0.15) is 5.82 Å². The Labute approximate surface area is 125 Å². The highest BCUT2D eigenvalue weighted by Crippen LogP contribution is 2.28. The summed E-state index contributed by atoms with van der Waals surface area (Å²) >= 11 is 0. The van der Waals surface area contributed by atoms with Gasteiger partial charge in [-0.1, -0.05) is 60.7 Å². The fourth-order valence-corrected chi connectivity index (χ4v) is 2.30. The summed E-state index contributed by atoms with van der Waals surface area (Å²) in [5.41, 5.74) is 4.53. The van der Waals surface area contributed by atoms with Crippen LogP contribution in [0.2, 0.25) is 0 Å². The lowest BCUT2D eigenvalue weighted by atomic mass is 10.0. The molecule has 104 valence electrons. The van der Waals surface area contributed by atoms with E-state index in [-0.39, 0.29) is 0 Å². The zero-order chi connectivity index (χ0) is 14.7. The molecule has 0 atom stereocenters. The van der Waals surface area contributed by atoms with Gasteiger partial charge in [0, 0.05) is 19.7 Å². The zero-order valence-electron chi connectivity index (χ0n) is 12.3. The highest BCUT2D eigenvalue weighted by Gasteiger charge is 2.07. The van der Waals surface area contributed by atoms with E-state index in [1.807, 2.05) is 43.3 Å². The first-order chi connectivity index (χ1) is 10.2. The molecule has 0 unspecified atom stereocenters. The second kappa shape index (κ2) is 5.80. The Morgan fingerprint density at radius 3 is 1.81 bits per heavy atom. The third kappa shape index (κ3) is 2.95. The van der Waals surface area contributed by atoms with Gasteiger partial charge in [-0.15, -0.1) is 0 Å². The first-order valence-corrected chi connectivity index (χ1v) is 7.04. The molecule has 0 spiro atoms. The van der Waals surface area contributed by atoms with E-state index in [2.05, 4.69) is 48.5 Å². The minimum absolute atomic E-state index is 0.968. The molecule has 1 heterocycles. The Hall–Kier alpha value is -2.61. The Kier molecular flexibility index (Phi) is 3.69.